The summed E-state index contributed by atoms with van der Waals surface area (Å²) in [5.41, 5.74) is 0.862. The molecule has 0 aliphatic carbocycles. The Bertz CT molecular complexity index is 519. The third-order valence-corrected chi connectivity index (χ3v) is 4.52. The fourth-order valence-electron chi connectivity index (χ4n) is 3.13. The Balaban J connectivity index is 0.00000288. The average molecular weight is 357 g/mol. The fraction of sp³-hybridized carbons (Fsp3) is 0.611. The van der Waals surface area contributed by atoms with E-state index in [0.717, 1.165) is 25.2 Å². The molecule has 0 spiro atoms. The van der Waals surface area contributed by atoms with Crippen molar-refractivity contribution in [2.24, 2.45) is 5.92 Å². The number of halogens is 1. The van der Waals surface area contributed by atoms with Crippen LogP contribution in [0.2, 0.25) is 0 Å². The molecule has 24 heavy (non-hydrogen) atoms. The Morgan fingerprint density at radius 3 is 2.46 bits per heavy atom. The number of carbonyl (C=O) groups excluding carboxylic acids is 1. The smallest absolute Gasteiger partial charge is 0.226 e. The zero-order chi connectivity index (χ0) is 16.7. The maximum Gasteiger partial charge on any atom is 0.226 e. The molecule has 1 aliphatic rings. The van der Waals surface area contributed by atoms with Crippen molar-refractivity contribution in [3.63, 3.8) is 0 Å². The number of amides is 1. The van der Waals surface area contributed by atoms with E-state index in [4.69, 9.17) is 9.47 Å². The van der Waals surface area contributed by atoms with Crippen LogP contribution in [0.5, 0.6) is 11.5 Å². The van der Waals surface area contributed by atoms with Gasteiger partial charge in [0.2, 0.25) is 5.91 Å². The van der Waals surface area contributed by atoms with Crippen LogP contribution in [0.4, 0.5) is 5.69 Å². The molecule has 0 radical (unpaired) electrons. The highest BCUT2D eigenvalue weighted by molar-refractivity contribution is 5.93. The Kier molecular flexibility index (Phi) is 8.93. The number of anilines is 1. The molecule has 1 aromatic carbocycles. The van der Waals surface area contributed by atoms with Crippen LogP contribution in [0.15, 0.2) is 18.2 Å². The molecule has 1 aromatic rings. The number of hydrogen-bond acceptors (Lipinski definition) is 4. The molecule has 6 heteroatoms. The lowest BCUT2D eigenvalue weighted by atomic mass is 9.93. The van der Waals surface area contributed by atoms with Crippen molar-refractivity contribution in [1.82, 2.24) is 5.32 Å². The largest absolute Gasteiger partial charge is 0.493 e. The van der Waals surface area contributed by atoms with E-state index in [1.807, 2.05) is 30.0 Å². The van der Waals surface area contributed by atoms with Crippen LogP contribution >= 0.6 is 12.4 Å². The van der Waals surface area contributed by atoms with Crippen LogP contribution in [-0.4, -0.2) is 39.8 Å². The maximum atomic E-state index is 12.6. The van der Waals surface area contributed by atoms with E-state index in [2.05, 4.69) is 5.32 Å². The topological polar surface area (TPSA) is 50.8 Å². The summed E-state index contributed by atoms with van der Waals surface area (Å²) < 4.78 is 10.6. The van der Waals surface area contributed by atoms with Gasteiger partial charge in [0.15, 0.2) is 11.5 Å². The van der Waals surface area contributed by atoms with Gasteiger partial charge in [0.25, 0.3) is 0 Å². The van der Waals surface area contributed by atoms with Crippen molar-refractivity contribution in [2.45, 2.75) is 32.6 Å². The van der Waals surface area contributed by atoms with Crippen molar-refractivity contribution >= 4 is 24.0 Å². The van der Waals surface area contributed by atoms with Gasteiger partial charge in [-0.25, -0.2) is 0 Å². The van der Waals surface area contributed by atoms with E-state index in [0.29, 0.717) is 30.4 Å². The van der Waals surface area contributed by atoms with Crippen LogP contribution in [0, 0.1) is 5.92 Å². The first-order valence-corrected chi connectivity index (χ1v) is 8.42. The number of piperidine rings is 1. The van der Waals surface area contributed by atoms with Gasteiger partial charge in [0.05, 0.1) is 14.2 Å². The zero-order valence-corrected chi connectivity index (χ0v) is 15.7. The van der Waals surface area contributed by atoms with E-state index < -0.39 is 0 Å². The number of rotatable bonds is 7. The summed E-state index contributed by atoms with van der Waals surface area (Å²) in [4.78, 5) is 14.4. The number of hydrogen-bond donors (Lipinski definition) is 1. The highest BCUT2D eigenvalue weighted by atomic mass is 35.5. The first kappa shape index (κ1) is 20.6. The Morgan fingerprint density at radius 2 is 1.88 bits per heavy atom. The van der Waals surface area contributed by atoms with E-state index in [1.54, 1.807) is 14.2 Å². The molecule has 0 unspecified atom stereocenters. The molecule has 0 saturated carbocycles. The summed E-state index contributed by atoms with van der Waals surface area (Å²) in [5.74, 6) is 2.17. The lowest BCUT2D eigenvalue weighted by Gasteiger charge is -2.25. The van der Waals surface area contributed by atoms with Crippen molar-refractivity contribution in [1.29, 1.82) is 0 Å². The van der Waals surface area contributed by atoms with Gasteiger partial charge in [0.1, 0.15) is 0 Å². The lowest BCUT2D eigenvalue weighted by molar-refractivity contribution is -0.118. The van der Waals surface area contributed by atoms with E-state index >= 15 is 0 Å². The van der Waals surface area contributed by atoms with Crippen molar-refractivity contribution < 1.29 is 14.3 Å². The number of ether oxygens (including phenoxy) is 2. The minimum atomic E-state index is 0. The van der Waals surface area contributed by atoms with Crippen LogP contribution in [0.1, 0.15) is 32.6 Å². The molecule has 5 nitrogen and oxygen atoms in total. The average Bonchev–Trinajstić information content (AvgIpc) is 2.61. The second-order valence-electron chi connectivity index (χ2n) is 5.91. The standard InChI is InChI=1S/C18H28N2O3.ClH/c1-4-20(15-6-7-16(22-2)17(13-15)23-3)18(21)8-5-14-9-11-19-12-10-14;/h6-7,13-14,19H,4-5,8-12H2,1-3H3;1H. The number of methoxy groups -OCH3 is 2. The summed E-state index contributed by atoms with van der Waals surface area (Å²) in [6.45, 7) is 4.80. The minimum absolute atomic E-state index is 0. The quantitative estimate of drug-likeness (QED) is 0.814. The highest BCUT2D eigenvalue weighted by Crippen LogP contribution is 2.32. The molecule has 136 valence electrons. The molecular weight excluding hydrogens is 328 g/mol. The first-order chi connectivity index (χ1) is 11.2. The van der Waals surface area contributed by atoms with Gasteiger partial charge in [-0.2, -0.15) is 0 Å². The molecule has 1 amide bonds. The molecule has 0 atom stereocenters. The minimum Gasteiger partial charge on any atom is -0.493 e. The van der Waals surface area contributed by atoms with Crippen LogP contribution in [0.25, 0.3) is 0 Å². The second-order valence-corrected chi connectivity index (χ2v) is 5.91. The third kappa shape index (κ3) is 5.28. The maximum absolute atomic E-state index is 12.6. The SMILES string of the molecule is CCN(C(=O)CCC1CCNCC1)c1ccc(OC)c(OC)c1.Cl. The summed E-state index contributed by atoms with van der Waals surface area (Å²) in [7, 11) is 3.22. The second kappa shape index (κ2) is 10.4. The van der Waals surface area contributed by atoms with Gasteiger partial charge in [-0.05, 0) is 57.3 Å². The Morgan fingerprint density at radius 1 is 1.21 bits per heavy atom. The summed E-state index contributed by atoms with van der Waals surface area (Å²) in [6, 6.07) is 5.62. The van der Waals surface area contributed by atoms with Gasteiger partial charge in [-0.15, -0.1) is 12.4 Å². The van der Waals surface area contributed by atoms with Crippen molar-refractivity contribution in [3.8, 4) is 11.5 Å². The third-order valence-electron chi connectivity index (χ3n) is 4.52. The van der Waals surface area contributed by atoms with Crippen molar-refractivity contribution in [3.05, 3.63) is 18.2 Å². The van der Waals surface area contributed by atoms with Gasteiger partial charge in [-0.3, -0.25) is 4.79 Å². The molecule has 0 aromatic heterocycles. The number of nitrogens with one attached hydrogen (secondary N) is 1. The van der Waals surface area contributed by atoms with E-state index in [1.165, 1.54) is 12.8 Å². The Labute approximate surface area is 151 Å². The van der Waals surface area contributed by atoms with E-state index in [-0.39, 0.29) is 18.3 Å². The van der Waals surface area contributed by atoms with Gasteiger partial charge in [-0.1, -0.05) is 0 Å². The molecule has 1 heterocycles. The molecule has 1 aliphatic heterocycles. The monoisotopic (exact) mass is 356 g/mol. The van der Waals surface area contributed by atoms with E-state index in [9.17, 15) is 4.79 Å². The summed E-state index contributed by atoms with van der Waals surface area (Å²) >= 11 is 0. The predicted octanol–water partition coefficient (Wildman–Crippen LogP) is 3.26. The van der Waals surface area contributed by atoms with Gasteiger partial charge < -0.3 is 19.7 Å². The molecular formula is C18H29ClN2O3. The molecule has 1 saturated heterocycles. The normalized spacial score (nSPS) is 14.6. The van der Waals surface area contributed by atoms with Gasteiger partial charge >= 0.3 is 0 Å². The van der Waals surface area contributed by atoms with Crippen LogP contribution in [-0.2, 0) is 4.79 Å². The molecule has 2 rings (SSSR count). The molecule has 0 bridgehead atoms. The first-order valence-electron chi connectivity index (χ1n) is 8.42. The molecule has 1 N–H and O–H groups in total. The number of nitrogens with zero attached hydrogens (tertiary/aromatic N) is 1. The zero-order valence-electron chi connectivity index (χ0n) is 14.8. The number of benzene rings is 1. The fourth-order valence-corrected chi connectivity index (χ4v) is 3.13. The number of carbonyl (C=O) groups is 1. The van der Waals surface area contributed by atoms with Crippen LogP contribution < -0.4 is 19.7 Å². The highest BCUT2D eigenvalue weighted by Gasteiger charge is 2.19. The predicted molar refractivity (Wildman–Crippen MR) is 99.6 cm³/mol. The van der Waals surface area contributed by atoms with Gasteiger partial charge in [0, 0.05) is 24.7 Å². The lowest BCUT2D eigenvalue weighted by Crippen LogP contribution is -2.32. The molecule has 1 fully saturated rings. The summed E-state index contributed by atoms with van der Waals surface area (Å²) in [6.07, 6.45) is 3.93. The Hall–Kier alpha value is -1.46. The van der Waals surface area contributed by atoms with Crippen molar-refractivity contribution in [2.75, 3.05) is 38.8 Å². The summed E-state index contributed by atoms with van der Waals surface area (Å²) in [5, 5.41) is 3.36. The van der Waals surface area contributed by atoms with Crippen LogP contribution in [0.3, 0.4) is 0 Å².